The molecular formula is C12H14F2O3. The molecule has 94 valence electrons. The van der Waals surface area contributed by atoms with Gasteiger partial charge in [-0.1, -0.05) is 0 Å². The van der Waals surface area contributed by atoms with Gasteiger partial charge in [-0.25, -0.2) is 8.78 Å². The summed E-state index contributed by atoms with van der Waals surface area (Å²) in [6.45, 7) is 0. The van der Waals surface area contributed by atoms with E-state index in [-0.39, 0.29) is 12.0 Å². The number of ether oxygens (including phenoxy) is 1. The number of carboxylic acid groups (broad SMARTS) is 1. The fraction of sp³-hybridized carbons (Fsp3) is 0.417. The van der Waals surface area contributed by atoms with Gasteiger partial charge in [0.25, 0.3) is 6.43 Å². The van der Waals surface area contributed by atoms with Crippen LogP contribution in [0.2, 0.25) is 0 Å². The summed E-state index contributed by atoms with van der Waals surface area (Å²) in [5.74, 6) is -0.425. The van der Waals surface area contributed by atoms with E-state index in [0.29, 0.717) is 24.2 Å². The third kappa shape index (κ3) is 4.01. The van der Waals surface area contributed by atoms with Gasteiger partial charge in [0.1, 0.15) is 5.75 Å². The van der Waals surface area contributed by atoms with E-state index in [1.807, 2.05) is 0 Å². The predicted octanol–water partition coefficient (Wildman–Crippen LogP) is 3.04. The Kier molecular flexibility index (Phi) is 4.87. The third-order valence-corrected chi connectivity index (χ3v) is 2.42. The Hall–Kier alpha value is -1.65. The van der Waals surface area contributed by atoms with Crippen LogP contribution in [0.3, 0.4) is 0 Å². The van der Waals surface area contributed by atoms with Crippen LogP contribution < -0.4 is 4.74 Å². The lowest BCUT2D eigenvalue weighted by atomic mass is 10.0. The average Bonchev–Trinajstić information content (AvgIpc) is 2.28. The summed E-state index contributed by atoms with van der Waals surface area (Å²) in [5, 5.41) is 8.50. The van der Waals surface area contributed by atoms with Gasteiger partial charge in [-0.3, -0.25) is 4.79 Å². The highest BCUT2D eigenvalue weighted by molar-refractivity contribution is 5.66. The molecule has 0 aromatic heterocycles. The first-order valence-corrected chi connectivity index (χ1v) is 5.21. The first-order chi connectivity index (χ1) is 8.04. The number of hydrogen-bond acceptors (Lipinski definition) is 2. The maximum absolute atomic E-state index is 12.7. The van der Waals surface area contributed by atoms with E-state index in [9.17, 15) is 13.6 Å². The monoisotopic (exact) mass is 244 g/mol. The summed E-state index contributed by atoms with van der Waals surface area (Å²) in [7, 11) is 1.46. The van der Waals surface area contributed by atoms with Crippen LogP contribution in [-0.4, -0.2) is 18.2 Å². The molecule has 0 atom stereocenters. The number of rotatable bonds is 6. The van der Waals surface area contributed by atoms with Gasteiger partial charge in [-0.15, -0.1) is 0 Å². The molecule has 0 amide bonds. The minimum atomic E-state index is -2.55. The third-order valence-electron chi connectivity index (χ3n) is 2.42. The molecule has 0 unspecified atom stereocenters. The molecule has 0 radical (unpaired) electrons. The van der Waals surface area contributed by atoms with E-state index < -0.39 is 12.4 Å². The second kappa shape index (κ2) is 6.18. The van der Waals surface area contributed by atoms with Crippen molar-refractivity contribution in [3.63, 3.8) is 0 Å². The minimum absolute atomic E-state index is 0.0279. The molecule has 1 N–H and O–H groups in total. The quantitative estimate of drug-likeness (QED) is 0.836. The Morgan fingerprint density at radius 3 is 2.71 bits per heavy atom. The Morgan fingerprint density at radius 2 is 2.18 bits per heavy atom. The van der Waals surface area contributed by atoms with Crippen molar-refractivity contribution in [1.29, 1.82) is 0 Å². The van der Waals surface area contributed by atoms with E-state index in [4.69, 9.17) is 9.84 Å². The van der Waals surface area contributed by atoms with E-state index in [2.05, 4.69) is 0 Å². The number of aryl methyl sites for hydroxylation is 1. The van der Waals surface area contributed by atoms with Crippen molar-refractivity contribution >= 4 is 5.97 Å². The summed E-state index contributed by atoms with van der Waals surface area (Å²) in [6, 6.07) is 4.32. The van der Waals surface area contributed by atoms with Crippen molar-refractivity contribution in [3.05, 3.63) is 29.3 Å². The van der Waals surface area contributed by atoms with Gasteiger partial charge in [0.2, 0.25) is 0 Å². The smallest absolute Gasteiger partial charge is 0.303 e. The number of carboxylic acids is 1. The summed E-state index contributed by atoms with van der Waals surface area (Å²) < 4.78 is 30.3. The first-order valence-electron chi connectivity index (χ1n) is 5.21. The number of carbonyl (C=O) groups is 1. The fourth-order valence-corrected chi connectivity index (χ4v) is 1.57. The Bertz CT molecular complexity index is 391. The van der Waals surface area contributed by atoms with Crippen molar-refractivity contribution in [2.24, 2.45) is 0 Å². The van der Waals surface area contributed by atoms with Crippen LogP contribution in [-0.2, 0) is 11.2 Å². The maximum Gasteiger partial charge on any atom is 0.303 e. The number of aliphatic carboxylic acids is 1. The molecule has 0 fully saturated rings. The molecule has 17 heavy (non-hydrogen) atoms. The van der Waals surface area contributed by atoms with E-state index >= 15 is 0 Å². The number of halogens is 2. The molecule has 1 aromatic rings. The van der Waals surface area contributed by atoms with Crippen molar-refractivity contribution in [2.45, 2.75) is 25.7 Å². The highest BCUT2D eigenvalue weighted by Gasteiger charge is 2.13. The summed E-state index contributed by atoms with van der Waals surface area (Å²) in [6.07, 6.45) is -1.94. The zero-order valence-electron chi connectivity index (χ0n) is 9.45. The molecule has 0 aliphatic rings. The van der Waals surface area contributed by atoms with Crippen LogP contribution in [0.25, 0.3) is 0 Å². The molecule has 0 bridgehead atoms. The second-order valence-electron chi connectivity index (χ2n) is 3.61. The zero-order chi connectivity index (χ0) is 12.8. The Labute approximate surface area is 98.0 Å². The number of benzene rings is 1. The average molecular weight is 244 g/mol. The summed E-state index contributed by atoms with van der Waals surface area (Å²) in [4.78, 5) is 10.4. The van der Waals surface area contributed by atoms with Crippen molar-refractivity contribution < 1.29 is 23.4 Å². The van der Waals surface area contributed by atoms with Gasteiger partial charge >= 0.3 is 5.97 Å². The van der Waals surface area contributed by atoms with Gasteiger partial charge < -0.3 is 9.84 Å². The Balaban J connectivity index is 2.81. The van der Waals surface area contributed by atoms with Crippen LogP contribution in [0.4, 0.5) is 8.78 Å². The Morgan fingerprint density at radius 1 is 1.47 bits per heavy atom. The molecule has 0 saturated heterocycles. The van der Waals surface area contributed by atoms with Crippen LogP contribution in [0.15, 0.2) is 18.2 Å². The molecule has 1 aromatic carbocycles. The summed E-state index contributed by atoms with van der Waals surface area (Å²) in [5.41, 5.74) is 0.386. The minimum Gasteiger partial charge on any atom is -0.497 e. The molecule has 5 heteroatoms. The van der Waals surface area contributed by atoms with Crippen LogP contribution in [0, 0.1) is 0 Å². The first kappa shape index (κ1) is 13.4. The number of alkyl halides is 2. The van der Waals surface area contributed by atoms with E-state index in [0.717, 1.165) is 0 Å². The standard InChI is InChI=1S/C12H14F2O3/c1-17-9-5-6-10(12(13)14)8(7-9)3-2-4-11(15)16/h5-7,12H,2-4H2,1H3,(H,15,16). The van der Waals surface area contributed by atoms with E-state index in [1.54, 1.807) is 0 Å². The lowest BCUT2D eigenvalue weighted by molar-refractivity contribution is -0.137. The zero-order valence-corrected chi connectivity index (χ0v) is 9.45. The topological polar surface area (TPSA) is 46.5 Å². The SMILES string of the molecule is COc1ccc(C(F)F)c(CCCC(=O)O)c1. The summed E-state index contributed by atoms with van der Waals surface area (Å²) >= 11 is 0. The van der Waals surface area contributed by atoms with Crippen molar-refractivity contribution in [1.82, 2.24) is 0 Å². The molecular weight excluding hydrogens is 230 g/mol. The maximum atomic E-state index is 12.7. The highest BCUT2D eigenvalue weighted by atomic mass is 19.3. The normalized spacial score (nSPS) is 10.6. The van der Waals surface area contributed by atoms with Crippen LogP contribution in [0.5, 0.6) is 5.75 Å². The molecule has 3 nitrogen and oxygen atoms in total. The second-order valence-corrected chi connectivity index (χ2v) is 3.61. The number of hydrogen-bond donors (Lipinski definition) is 1. The largest absolute Gasteiger partial charge is 0.497 e. The van der Waals surface area contributed by atoms with Crippen molar-refractivity contribution in [3.8, 4) is 5.75 Å². The molecule has 0 heterocycles. The highest BCUT2D eigenvalue weighted by Crippen LogP contribution is 2.27. The van der Waals surface area contributed by atoms with Crippen LogP contribution in [0.1, 0.15) is 30.4 Å². The molecule has 0 aliphatic carbocycles. The van der Waals surface area contributed by atoms with Gasteiger partial charge in [-0.2, -0.15) is 0 Å². The van der Waals surface area contributed by atoms with Gasteiger partial charge in [-0.05, 0) is 36.6 Å². The van der Waals surface area contributed by atoms with Gasteiger partial charge in [0.05, 0.1) is 7.11 Å². The van der Waals surface area contributed by atoms with E-state index in [1.165, 1.54) is 25.3 Å². The molecule has 0 aliphatic heterocycles. The predicted molar refractivity (Wildman–Crippen MR) is 58.5 cm³/mol. The van der Waals surface area contributed by atoms with Gasteiger partial charge in [0, 0.05) is 12.0 Å². The molecule has 0 spiro atoms. The fourth-order valence-electron chi connectivity index (χ4n) is 1.57. The lowest BCUT2D eigenvalue weighted by Gasteiger charge is -2.10. The van der Waals surface area contributed by atoms with Gasteiger partial charge in [0.15, 0.2) is 0 Å². The van der Waals surface area contributed by atoms with Crippen LogP contribution >= 0.6 is 0 Å². The molecule has 1 rings (SSSR count). The molecule has 0 saturated carbocycles. The van der Waals surface area contributed by atoms with Crippen molar-refractivity contribution in [2.75, 3.05) is 7.11 Å². The number of methoxy groups -OCH3 is 1. The lowest BCUT2D eigenvalue weighted by Crippen LogP contribution is -2.00.